The van der Waals surface area contributed by atoms with Gasteiger partial charge in [-0.15, -0.1) is 0 Å². The summed E-state index contributed by atoms with van der Waals surface area (Å²) in [5.41, 5.74) is 2.30. The predicted octanol–water partition coefficient (Wildman–Crippen LogP) is -5.45. The molecule has 0 atom stereocenters. The second-order valence-corrected chi connectivity index (χ2v) is 1.78. The molecule has 0 heterocycles. The Morgan fingerprint density at radius 3 is 2.00 bits per heavy atom. The van der Waals surface area contributed by atoms with Gasteiger partial charge in [0.25, 0.3) is 0 Å². The average Bonchev–Trinajstić information content (AvgIpc) is 1.67. The van der Waals surface area contributed by atoms with Crippen LogP contribution in [0, 0.1) is 5.92 Å². The normalized spacial score (nSPS) is 7.60. The van der Waals surface area contributed by atoms with E-state index in [-0.39, 0.29) is 118 Å². The molecule has 0 fully saturated rings. The number of carbonyl (C=O) groups is 1. The third-order valence-electron chi connectivity index (χ3n) is 0.674. The molecule has 0 saturated carbocycles. The molecule has 0 aromatic heterocycles. The van der Waals surface area contributed by atoms with Crippen molar-refractivity contribution in [1.29, 1.82) is 0 Å². The second kappa shape index (κ2) is 11.7. The van der Waals surface area contributed by atoms with Gasteiger partial charge in [-0.25, -0.2) is 0 Å². The quantitative estimate of drug-likeness (QED) is 0.355. The topological polar surface area (TPSA) is 38.3 Å². The van der Waals surface area contributed by atoms with Crippen molar-refractivity contribution in [2.24, 2.45) is 5.92 Å². The van der Waals surface area contributed by atoms with Crippen LogP contribution in [0.2, 0.25) is 0 Å². The Morgan fingerprint density at radius 2 is 1.90 bits per heavy atom. The maximum atomic E-state index is 10.5. The first-order valence-corrected chi connectivity index (χ1v) is 2.56. The second-order valence-electron chi connectivity index (χ2n) is 1.78. The molecule has 3 nitrogen and oxygen atoms in total. The molecule has 0 aliphatic heterocycles. The van der Waals surface area contributed by atoms with E-state index in [2.05, 4.69) is 10.3 Å². The molecule has 0 radical (unpaired) electrons. The van der Waals surface area contributed by atoms with Gasteiger partial charge in [-0.3, -0.25) is 4.79 Å². The zero-order valence-electron chi connectivity index (χ0n) is 9.39. The van der Waals surface area contributed by atoms with Crippen LogP contribution < -0.4 is 108 Å². The van der Waals surface area contributed by atoms with E-state index < -0.39 is 0 Å². The van der Waals surface area contributed by atoms with Crippen LogP contribution in [0.25, 0.3) is 0 Å². The molecule has 0 bridgehead atoms. The minimum absolute atomic E-state index is 0. The zero-order valence-corrected chi connectivity index (χ0v) is 13.6. The molecule has 1 N–H and O–H groups in total. The van der Waals surface area contributed by atoms with Crippen LogP contribution in [-0.4, -0.2) is 13.0 Å². The third-order valence-corrected chi connectivity index (χ3v) is 0.674. The summed E-state index contributed by atoms with van der Waals surface area (Å²) >= 11 is 0. The zero-order chi connectivity index (χ0) is 6.57. The van der Waals surface area contributed by atoms with Gasteiger partial charge in [-0.05, 0) is 0 Å². The maximum absolute atomic E-state index is 10.5. The van der Waals surface area contributed by atoms with Gasteiger partial charge in [0, 0.05) is 7.05 Å². The van der Waals surface area contributed by atoms with Crippen molar-refractivity contribution in [3.8, 4) is 0 Å². The van der Waals surface area contributed by atoms with E-state index in [0.717, 1.165) is 0 Å². The molecule has 0 saturated heterocycles. The summed E-state index contributed by atoms with van der Waals surface area (Å²) in [7, 11) is 1.56. The Hall–Kier alpha value is 2.70. The van der Waals surface area contributed by atoms with Crippen molar-refractivity contribution in [2.45, 2.75) is 13.8 Å². The standard InChI is InChI=1S/C5H11NO2.2K.2H/c1-4(2)5(7)8-6-3;;;;/h4,6H,1-3H3;;;;/q;2*+1;2*-1. The van der Waals surface area contributed by atoms with Crippen molar-refractivity contribution in [1.82, 2.24) is 5.48 Å². The molecule has 0 aliphatic rings. The fraction of sp³-hybridized carbons (Fsp3) is 0.800. The van der Waals surface area contributed by atoms with Crippen molar-refractivity contribution >= 4 is 5.97 Å². The maximum Gasteiger partial charge on any atom is 1.00 e. The molecule has 5 heteroatoms. The smallest absolute Gasteiger partial charge is 1.00 e. The summed E-state index contributed by atoms with van der Waals surface area (Å²) in [5.74, 6) is -0.282. The van der Waals surface area contributed by atoms with Crippen LogP contribution in [0.4, 0.5) is 0 Å². The summed E-state index contributed by atoms with van der Waals surface area (Å²) < 4.78 is 0. The number of rotatable bonds is 2. The van der Waals surface area contributed by atoms with Gasteiger partial charge < -0.3 is 7.69 Å². The van der Waals surface area contributed by atoms with E-state index in [1.54, 1.807) is 20.9 Å². The first-order valence-electron chi connectivity index (χ1n) is 2.56. The summed E-state index contributed by atoms with van der Waals surface area (Å²) in [6.45, 7) is 3.55. The molecular weight excluding hydrogens is 184 g/mol. The Kier molecular flexibility index (Phi) is 21.6. The fourth-order valence-corrected chi connectivity index (χ4v) is 0.218. The third kappa shape index (κ3) is 10.7. The van der Waals surface area contributed by atoms with Crippen LogP contribution in [-0.2, 0) is 9.63 Å². The minimum atomic E-state index is -0.229. The Labute approximate surface area is 150 Å². The Morgan fingerprint density at radius 1 is 1.50 bits per heavy atom. The van der Waals surface area contributed by atoms with Gasteiger partial charge in [-0.1, -0.05) is 13.8 Å². The number of nitrogens with one attached hydrogen (secondary N) is 1. The molecular formula is C5H13K2NO2. The number of hydroxylamine groups is 1. The molecule has 0 aromatic carbocycles. The van der Waals surface area contributed by atoms with E-state index in [1.807, 2.05) is 0 Å². The molecule has 10 heavy (non-hydrogen) atoms. The monoisotopic (exact) mass is 197 g/mol. The van der Waals surface area contributed by atoms with E-state index in [4.69, 9.17) is 0 Å². The van der Waals surface area contributed by atoms with Gasteiger partial charge >= 0.3 is 109 Å². The van der Waals surface area contributed by atoms with Gasteiger partial charge in [0.1, 0.15) is 0 Å². The van der Waals surface area contributed by atoms with Gasteiger partial charge in [0.15, 0.2) is 0 Å². The number of hydrogen-bond acceptors (Lipinski definition) is 3. The Bertz CT molecular complexity index is 95.5. The van der Waals surface area contributed by atoms with Crippen LogP contribution in [0.3, 0.4) is 0 Å². The van der Waals surface area contributed by atoms with Crippen LogP contribution in [0.15, 0.2) is 0 Å². The average molecular weight is 197 g/mol. The van der Waals surface area contributed by atoms with Gasteiger partial charge in [-0.2, -0.15) is 5.48 Å². The van der Waals surface area contributed by atoms with Gasteiger partial charge in [0.2, 0.25) is 0 Å². The fourth-order valence-electron chi connectivity index (χ4n) is 0.218. The van der Waals surface area contributed by atoms with Crippen LogP contribution in [0.5, 0.6) is 0 Å². The van der Waals surface area contributed by atoms with E-state index in [0.29, 0.717) is 0 Å². The number of hydrogen-bond donors (Lipinski definition) is 1. The van der Waals surface area contributed by atoms with Crippen LogP contribution >= 0.6 is 0 Å². The Balaban J connectivity index is -0.0000000408. The summed E-state index contributed by atoms with van der Waals surface area (Å²) in [6.07, 6.45) is 0. The van der Waals surface area contributed by atoms with Gasteiger partial charge in [0.05, 0.1) is 5.92 Å². The molecule has 0 rings (SSSR count). The minimum Gasteiger partial charge on any atom is -1.00 e. The largest absolute Gasteiger partial charge is 1.00 e. The van der Waals surface area contributed by atoms with Crippen molar-refractivity contribution in [3.63, 3.8) is 0 Å². The SMILES string of the molecule is CNOC(=O)C(C)C.[H-].[H-].[K+].[K+]. The summed E-state index contributed by atoms with van der Waals surface area (Å²) in [6, 6.07) is 0. The molecule has 0 spiro atoms. The van der Waals surface area contributed by atoms with Crippen LogP contribution in [0.1, 0.15) is 16.7 Å². The summed E-state index contributed by atoms with van der Waals surface area (Å²) in [4.78, 5) is 14.9. The van der Waals surface area contributed by atoms with E-state index in [9.17, 15) is 4.79 Å². The van der Waals surface area contributed by atoms with Crippen molar-refractivity contribution in [3.05, 3.63) is 0 Å². The molecule has 52 valence electrons. The van der Waals surface area contributed by atoms with E-state index >= 15 is 0 Å². The van der Waals surface area contributed by atoms with Crippen molar-refractivity contribution < 1.29 is 115 Å². The predicted molar refractivity (Wildman–Crippen MR) is 32.2 cm³/mol. The first kappa shape index (κ1) is 18.5. The van der Waals surface area contributed by atoms with Crippen molar-refractivity contribution in [2.75, 3.05) is 7.05 Å². The molecule has 0 aliphatic carbocycles. The molecule has 0 unspecified atom stereocenters. The number of carbonyl (C=O) groups excluding carboxylic acids is 1. The first-order chi connectivity index (χ1) is 3.68. The molecule has 0 aromatic rings. The van der Waals surface area contributed by atoms with E-state index in [1.165, 1.54) is 0 Å². The summed E-state index contributed by atoms with van der Waals surface area (Å²) in [5, 5.41) is 0. The molecule has 0 amide bonds.